The molecule has 0 bridgehead atoms. The predicted molar refractivity (Wildman–Crippen MR) is 92.2 cm³/mol. The molecule has 1 aromatic heterocycles. The van der Waals surface area contributed by atoms with E-state index in [2.05, 4.69) is 25.9 Å². The highest BCUT2D eigenvalue weighted by Gasteiger charge is 2.12. The van der Waals surface area contributed by atoms with Gasteiger partial charge in [0.2, 0.25) is 0 Å². The van der Waals surface area contributed by atoms with Crippen molar-refractivity contribution >= 4 is 50.0 Å². The first kappa shape index (κ1) is 14.8. The lowest BCUT2D eigenvalue weighted by Gasteiger charge is -2.09. The predicted octanol–water partition coefficient (Wildman–Crippen LogP) is 5.98. The van der Waals surface area contributed by atoms with Gasteiger partial charge >= 0.3 is 0 Å². The Labute approximate surface area is 141 Å². The second-order valence-electron chi connectivity index (χ2n) is 4.94. The van der Waals surface area contributed by atoms with Gasteiger partial charge < -0.3 is 0 Å². The molecule has 0 atom stereocenters. The largest absolute Gasteiger partial charge is 0.227 e. The van der Waals surface area contributed by atoms with Gasteiger partial charge in [0.1, 0.15) is 5.15 Å². The second-order valence-corrected chi connectivity index (χ2v) is 6.59. The van der Waals surface area contributed by atoms with E-state index in [1.807, 2.05) is 44.2 Å². The number of hydrogen-bond donors (Lipinski definition) is 0. The van der Waals surface area contributed by atoms with Gasteiger partial charge in [-0.1, -0.05) is 23.2 Å². The van der Waals surface area contributed by atoms with Crippen LogP contribution in [0, 0.1) is 13.8 Å². The molecule has 0 amide bonds. The van der Waals surface area contributed by atoms with Gasteiger partial charge in [-0.25, -0.2) is 9.97 Å². The van der Waals surface area contributed by atoms with E-state index in [0.29, 0.717) is 16.0 Å². The van der Waals surface area contributed by atoms with Crippen LogP contribution in [0.25, 0.3) is 22.3 Å². The lowest BCUT2D eigenvalue weighted by Crippen LogP contribution is -1.95. The van der Waals surface area contributed by atoms with Crippen LogP contribution >= 0.6 is 39.1 Å². The van der Waals surface area contributed by atoms with Gasteiger partial charge in [0.15, 0.2) is 5.82 Å². The summed E-state index contributed by atoms with van der Waals surface area (Å²) < 4.78 is 0.912. The SMILES string of the molecule is Cc1cc(Br)c2nc(-c3ccc(Cl)cc3C)nc(Cl)c2c1. The van der Waals surface area contributed by atoms with Gasteiger partial charge in [-0.15, -0.1) is 0 Å². The van der Waals surface area contributed by atoms with E-state index in [-0.39, 0.29) is 0 Å². The maximum absolute atomic E-state index is 6.34. The van der Waals surface area contributed by atoms with Crippen LogP contribution in [-0.2, 0) is 0 Å². The number of hydrogen-bond acceptors (Lipinski definition) is 2. The highest BCUT2D eigenvalue weighted by atomic mass is 79.9. The lowest BCUT2D eigenvalue weighted by atomic mass is 10.1. The Hall–Kier alpha value is -1.16. The fourth-order valence-corrected chi connectivity index (χ4v) is 3.40. The Morgan fingerprint density at radius 3 is 2.48 bits per heavy atom. The zero-order valence-electron chi connectivity index (χ0n) is 11.4. The molecule has 2 aromatic carbocycles. The Balaban J connectivity index is 2.30. The molecular formula is C16H11BrCl2N2. The molecule has 0 unspecified atom stereocenters. The lowest BCUT2D eigenvalue weighted by molar-refractivity contribution is 1.21. The number of rotatable bonds is 1. The first-order valence-electron chi connectivity index (χ1n) is 6.35. The average molecular weight is 382 g/mol. The molecule has 21 heavy (non-hydrogen) atoms. The molecule has 3 rings (SSSR count). The van der Waals surface area contributed by atoms with Crippen molar-refractivity contribution in [2.45, 2.75) is 13.8 Å². The molecule has 2 nitrogen and oxygen atoms in total. The molecule has 0 aliphatic rings. The van der Waals surface area contributed by atoms with Crippen LogP contribution in [0.2, 0.25) is 10.2 Å². The van der Waals surface area contributed by atoms with Crippen molar-refractivity contribution in [1.29, 1.82) is 0 Å². The minimum atomic E-state index is 0.453. The molecule has 106 valence electrons. The van der Waals surface area contributed by atoms with E-state index in [0.717, 1.165) is 32.1 Å². The summed E-state index contributed by atoms with van der Waals surface area (Å²) in [6.07, 6.45) is 0. The maximum Gasteiger partial charge on any atom is 0.161 e. The van der Waals surface area contributed by atoms with Crippen molar-refractivity contribution in [3.63, 3.8) is 0 Å². The van der Waals surface area contributed by atoms with Crippen molar-refractivity contribution < 1.29 is 0 Å². The molecule has 0 aliphatic carbocycles. The summed E-state index contributed by atoms with van der Waals surface area (Å²) >= 11 is 15.9. The normalized spacial score (nSPS) is 11.1. The second kappa shape index (κ2) is 5.56. The Bertz CT molecular complexity index is 863. The van der Waals surface area contributed by atoms with Crippen LogP contribution in [0.5, 0.6) is 0 Å². The van der Waals surface area contributed by atoms with E-state index in [1.165, 1.54) is 0 Å². The Morgan fingerprint density at radius 1 is 1.00 bits per heavy atom. The number of aryl methyl sites for hydroxylation is 2. The van der Waals surface area contributed by atoms with Crippen LogP contribution < -0.4 is 0 Å². The summed E-state index contributed by atoms with van der Waals surface area (Å²) in [4.78, 5) is 9.09. The summed E-state index contributed by atoms with van der Waals surface area (Å²) in [5.74, 6) is 0.603. The van der Waals surface area contributed by atoms with Crippen molar-refractivity contribution in [3.05, 3.63) is 56.1 Å². The van der Waals surface area contributed by atoms with Crippen LogP contribution in [0.1, 0.15) is 11.1 Å². The smallest absolute Gasteiger partial charge is 0.161 e. The summed E-state index contributed by atoms with van der Waals surface area (Å²) in [5.41, 5.74) is 3.86. The monoisotopic (exact) mass is 380 g/mol. The van der Waals surface area contributed by atoms with Gasteiger partial charge in [0, 0.05) is 20.4 Å². The third-order valence-electron chi connectivity index (χ3n) is 3.28. The molecule has 0 N–H and O–H groups in total. The van der Waals surface area contributed by atoms with E-state index in [1.54, 1.807) is 0 Å². The van der Waals surface area contributed by atoms with Gasteiger partial charge in [0.05, 0.1) is 5.52 Å². The zero-order valence-corrected chi connectivity index (χ0v) is 14.5. The number of nitrogens with zero attached hydrogens (tertiary/aromatic N) is 2. The van der Waals surface area contributed by atoms with Crippen LogP contribution in [0.15, 0.2) is 34.8 Å². The fourth-order valence-electron chi connectivity index (χ4n) is 2.29. The molecule has 5 heteroatoms. The molecule has 0 radical (unpaired) electrons. The molecule has 0 saturated carbocycles. The van der Waals surface area contributed by atoms with Crippen molar-refractivity contribution in [2.75, 3.05) is 0 Å². The Morgan fingerprint density at radius 2 is 1.76 bits per heavy atom. The average Bonchev–Trinajstić information content (AvgIpc) is 2.40. The summed E-state index contributed by atoms with van der Waals surface area (Å²) in [6, 6.07) is 9.64. The van der Waals surface area contributed by atoms with Crippen LogP contribution in [0.3, 0.4) is 0 Å². The first-order valence-corrected chi connectivity index (χ1v) is 7.90. The maximum atomic E-state index is 6.34. The topological polar surface area (TPSA) is 25.8 Å². The van der Waals surface area contributed by atoms with Crippen molar-refractivity contribution in [3.8, 4) is 11.4 Å². The van der Waals surface area contributed by atoms with E-state index >= 15 is 0 Å². The van der Waals surface area contributed by atoms with E-state index in [9.17, 15) is 0 Å². The fraction of sp³-hybridized carbons (Fsp3) is 0.125. The van der Waals surface area contributed by atoms with Gasteiger partial charge in [-0.3, -0.25) is 0 Å². The quantitative estimate of drug-likeness (QED) is 0.484. The van der Waals surface area contributed by atoms with E-state index < -0.39 is 0 Å². The number of benzene rings is 2. The highest BCUT2D eigenvalue weighted by Crippen LogP contribution is 2.32. The van der Waals surface area contributed by atoms with Gasteiger partial charge in [-0.05, 0) is 71.2 Å². The number of aromatic nitrogens is 2. The minimum absolute atomic E-state index is 0.453. The standard InChI is InChI=1S/C16H11BrCl2N2/c1-8-5-12-14(13(17)6-8)20-16(21-15(12)19)11-4-3-10(18)7-9(11)2/h3-7H,1-2H3. The van der Waals surface area contributed by atoms with Gasteiger partial charge in [-0.2, -0.15) is 0 Å². The van der Waals surface area contributed by atoms with Gasteiger partial charge in [0.25, 0.3) is 0 Å². The summed E-state index contributed by atoms with van der Waals surface area (Å²) in [6.45, 7) is 3.99. The number of fused-ring (bicyclic) bond motifs is 1. The molecule has 0 saturated heterocycles. The highest BCUT2D eigenvalue weighted by molar-refractivity contribution is 9.10. The summed E-state index contributed by atoms with van der Waals surface area (Å²) in [5, 5.41) is 1.99. The third-order valence-corrected chi connectivity index (χ3v) is 4.41. The summed E-state index contributed by atoms with van der Waals surface area (Å²) in [7, 11) is 0. The molecule has 3 aromatic rings. The molecule has 0 spiro atoms. The molecular weight excluding hydrogens is 371 g/mol. The Kier molecular flexibility index (Phi) is 3.91. The molecule has 0 fully saturated rings. The van der Waals surface area contributed by atoms with Crippen LogP contribution in [-0.4, -0.2) is 9.97 Å². The minimum Gasteiger partial charge on any atom is -0.227 e. The third kappa shape index (κ3) is 2.78. The van der Waals surface area contributed by atoms with Crippen LogP contribution in [0.4, 0.5) is 0 Å². The zero-order chi connectivity index (χ0) is 15.1. The molecule has 0 aliphatic heterocycles. The molecule has 1 heterocycles. The van der Waals surface area contributed by atoms with E-state index in [4.69, 9.17) is 23.2 Å². The van der Waals surface area contributed by atoms with Crippen molar-refractivity contribution in [1.82, 2.24) is 9.97 Å². The number of halogens is 3. The first-order chi connectivity index (χ1) is 9.95. The van der Waals surface area contributed by atoms with Crippen molar-refractivity contribution in [2.24, 2.45) is 0 Å².